The van der Waals surface area contributed by atoms with Crippen molar-refractivity contribution < 1.29 is 13.6 Å². The van der Waals surface area contributed by atoms with Crippen LogP contribution in [-0.2, 0) is 6.42 Å². The van der Waals surface area contributed by atoms with Crippen molar-refractivity contribution in [2.24, 2.45) is 0 Å². The summed E-state index contributed by atoms with van der Waals surface area (Å²) in [6, 6.07) is 8.02. The number of rotatable bonds is 5. The number of thiophene rings is 1. The highest BCUT2D eigenvalue weighted by Gasteiger charge is 2.21. The molecule has 4 aromatic rings. The van der Waals surface area contributed by atoms with E-state index < -0.39 is 0 Å². The summed E-state index contributed by atoms with van der Waals surface area (Å²) in [5.41, 5.74) is 3.98. The first-order valence-corrected chi connectivity index (χ1v) is 9.56. The molecule has 0 aliphatic heterocycles. The summed E-state index contributed by atoms with van der Waals surface area (Å²) in [6.07, 6.45) is 0.776. The Labute approximate surface area is 160 Å². The Bertz CT molecular complexity index is 1120. The number of hydrogen-bond acceptors (Lipinski definition) is 6. The lowest BCUT2D eigenvalue weighted by atomic mass is 10.1. The Balaban J connectivity index is 1.50. The van der Waals surface area contributed by atoms with Gasteiger partial charge in [-0.3, -0.25) is 4.79 Å². The van der Waals surface area contributed by atoms with Crippen molar-refractivity contribution in [2.75, 3.05) is 6.54 Å². The van der Waals surface area contributed by atoms with Crippen molar-refractivity contribution in [3.63, 3.8) is 0 Å². The van der Waals surface area contributed by atoms with E-state index in [0.29, 0.717) is 12.3 Å². The lowest BCUT2D eigenvalue weighted by Crippen LogP contribution is -2.25. The summed E-state index contributed by atoms with van der Waals surface area (Å²) in [4.78, 5) is 13.5. The number of aryl methyl sites for hydroxylation is 3. The van der Waals surface area contributed by atoms with Crippen LogP contribution in [0.1, 0.15) is 32.3 Å². The van der Waals surface area contributed by atoms with E-state index in [4.69, 9.17) is 8.83 Å². The van der Waals surface area contributed by atoms with Crippen LogP contribution in [-0.4, -0.2) is 22.6 Å². The van der Waals surface area contributed by atoms with Gasteiger partial charge in [0.05, 0.1) is 0 Å². The maximum atomic E-state index is 12.3. The van der Waals surface area contributed by atoms with Crippen molar-refractivity contribution in [3.8, 4) is 11.7 Å². The molecular formula is C20H19N3O3S. The minimum atomic E-state index is -0.382. The number of amides is 1. The number of nitrogens with zero attached hydrogens (tertiary/aromatic N) is 2. The standard InChI is InChI=1S/C20H19N3O3S/c1-11-8-10-27-15(11)7-9-21-18(24)20-23-22-19(26-20)17-13(3)14-6-4-5-12(2)16(14)25-17/h4-6,8,10H,7,9H2,1-3H3,(H,21,24). The number of furan rings is 1. The van der Waals surface area contributed by atoms with Crippen LogP contribution < -0.4 is 5.32 Å². The number of nitrogens with one attached hydrogen (secondary N) is 1. The summed E-state index contributed by atoms with van der Waals surface area (Å²) >= 11 is 1.69. The largest absolute Gasteiger partial charge is 0.450 e. The molecule has 0 bridgehead atoms. The number of para-hydroxylation sites is 1. The molecule has 1 amide bonds. The van der Waals surface area contributed by atoms with Crippen LogP contribution >= 0.6 is 11.3 Å². The molecule has 6 nitrogen and oxygen atoms in total. The van der Waals surface area contributed by atoms with Crippen LogP contribution in [0, 0.1) is 20.8 Å². The van der Waals surface area contributed by atoms with Crippen molar-refractivity contribution in [2.45, 2.75) is 27.2 Å². The lowest BCUT2D eigenvalue weighted by Gasteiger charge is -2.01. The fraction of sp³-hybridized carbons (Fsp3) is 0.250. The zero-order chi connectivity index (χ0) is 19.0. The van der Waals surface area contributed by atoms with E-state index in [0.717, 1.165) is 28.5 Å². The molecule has 0 spiro atoms. The molecule has 138 valence electrons. The molecule has 0 unspecified atom stereocenters. The Morgan fingerprint density at radius 1 is 1.11 bits per heavy atom. The van der Waals surface area contributed by atoms with Gasteiger partial charge in [-0.2, -0.15) is 0 Å². The zero-order valence-corrected chi connectivity index (χ0v) is 16.1. The molecule has 7 heteroatoms. The van der Waals surface area contributed by atoms with Gasteiger partial charge in [-0.15, -0.1) is 21.5 Å². The van der Waals surface area contributed by atoms with Gasteiger partial charge < -0.3 is 14.2 Å². The number of carbonyl (C=O) groups is 1. The lowest BCUT2D eigenvalue weighted by molar-refractivity contribution is 0.0920. The van der Waals surface area contributed by atoms with Gasteiger partial charge in [0.1, 0.15) is 5.58 Å². The van der Waals surface area contributed by atoms with Crippen LogP contribution in [0.3, 0.4) is 0 Å². The van der Waals surface area contributed by atoms with E-state index in [1.54, 1.807) is 11.3 Å². The van der Waals surface area contributed by atoms with Crippen LogP contribution in [0.5, 0.6) is 0 Å². The van der Waals surface area contributed by atoms with Gasteiger partial charge in [0.25, 0.3) is 5.89 Å². The maximum absolute atomic E-state index is 12.3. The molecule has 3 aromatic heterocycles. The molecule has 0 saturated carbocycles. The monoisotopic (exact) mass is 381 g/mol. The van der Waals surface area contributed by atoms with Gasteiger partial charge in [0, 0.05) is 22.4 Å². The summed E-state index contributed by atoms with van der Waals surface area (Å²) in [7, 11) is 0. The summed E-state index contributed by atoms with van der Waals surface area (Å²) < 4.78 is 11.5. The van der Waals surface area contributed by atoms with E-state index in [1.165, 1.54) is 10.4 Å². The predicted octanol–water partition coefficient (Wildman–Crippen LogP) is 4.44. The van der Waals surface area contributed by atoms with Gasteiger partial charge in [-0.25, -0.2) is 0 Å². The van der Waals surface area contributed by atoms with Gasteiger partial charge in [-0.1, -0.05) is 18.2 Å². The number of carbonyl (C=O) groups excluding carboxylic acids is 1. The Morgan fingerprint density at radius 2 is 1.96 bits per heavy atom. The molecule has 0 radical (unpaired) electrons. The average Bonchev–Trinajstić information content (AvgIpc) is 3.36. The highest BCUT2D eigenvalue weighted by Crippen LogP contribution is 2.33. The maximum Gasteiger partial charge on any atom is 0.308 e. The normalized spacial score (nSPS) is 11.2. The second kappa shape index (κ2) is 7.00. The van der Waals surface area contributed by atoms with Gasteiger partial charge in [0.2, 0.25) is 0 Å². The van der Waals surface area contributed by atoms with Crippen LogP contribution in [0.4, 0.5) is 0 Å². The fourth-order valence-electron chi connectivity index (χ4n) is 3.02. The molecule has 0 fully saturated rings. The first-order valence-electron chi connectivity index (χ1n) is 8.68. The quantitative estimate of drug-likeness (QED) is 0.553. The Morgan fingerprint density at radius 3 is 2.70 bits per heavy atom. The van der Waals surface area contributed by atoms with Gasteiger partial charge >= 0.3 is 11.8 Å². The zero-order valence-electron chi connectivity index (χ0n) is 15.3. The first kappa shape index (κ1) is 17.5. The smallest absolute Gasteiger partial charge is 0.308 e. The topological polar surface area (TPSA) is 81.2 Å². The molecule has 0 aliphatic carbocycles. The molecule has 1 aromatic carbocycles. The predicted molar refractivity (Wildman–Crippen MR) is 104 cm³/mol. The van der Waals surface area contributed by atoms with E-state index in [-0.39, 0.29) is 17.7 Å². The number of benzene rings is 1. The summed E-state index contributed by atoms with van der Waals surface area (Å²) in [5, 5.41) is 13.7. The van der Waals surface area contributed by atoms with Gasteiger partial charge in [-0.05, 0) is 49.8 Å². The summed E-state index contributed by atoms with van der Waals surface area (Å²) in [5.74, 6) is 0.264. The first-order chi connectivity index (χ1) is 13.0. The molecule has 0 saturated heterocycles. The third-order valence-electron chi connectivity index (χ3n) is 4.58. The highest BCUT2D eigenvalue weighted by molar-refractivity contribution is 7.10. The van der Waals surface area contributed by atoms with Crippen molar-refractivity contribution >= 4 is 28.2 Å². The van der Waals surface area contributed by atoms with E-state index in [1.807, 2.05) is 37.4 Å². The Kier molecular flexibility index (Phi) is 4.53. The fourth-order valence-corrected chi connectivity index (χ4v) is 3.93. The van der Waals surface area contributed by atoms with Crippen molar-refractivity contribution in [1.82, 2.24) is 15.5 Å². The number of hydrogen-bond donors (Lipinski definition) is 1. The number of aromatic nitrogens is 2. The summed E-state index contributed by atoms with van der Waals surface area (Å²) in [6.45, 7) is 6.50. The second-order valence-corrected chi connectivity index (χ2v) is 7.45. The van der Waals surface area contributed by atoms with E-state index in [2.05, 4.69) is 28.5 Å². The second-order valence-electron chi connectivity index (χ2n) is 6.45. The van der Waals surface area contributed by atoms with E-state index in [9.17, 15) is 4.79 Å². The molecule has 0 atom stereocenters. The molecule has 4 rings (SSSR count). The Hall–Kier alpha value is -2.93. The number of fused-ring (bicyclic) bond motifs is 1. The SMILES string of the molecule is Cc1ccsc1CCNC(=O)c1nnc(-c2oc3c(C)cccc3c2C)o1. The van der Waals surface area contributed by atoms with Crippen LogP contribution in [0.25, 0.3) is 22.6 Å². The molecule has 3 heterocycles. The molecule has 0 aliphatic rings. The van der Waals surface area contributed by atoms with Crippen molar-refractivity contribution in [3.05, 3.63) is 57.1 Å². The van der Waals surface area contributed by atoms with E-state index >= 15 is 0 Å². The minimum absolute atomic E-state index is 0.0653. The highest BCUT2D eigenvalue weighted by atomic mass is 32.1. The van der Waals surface area contributed by atoms with Crippen LogP contribution in [0.2, 0.25) is 0 Å². The third-order valence-corrected chi connectivity index (χ3v) is 5.66. The molecule has 27 heavy (non-hydrogen) atoms. The molecule has 1 N–H and O–H groups in total. The van der Waals surface area contributed by atoms with Crippen molar-refractivity contribution in [1.29, 1.82) is 0 Å². The van der Waals surface area contributed by atoms with Gasteiger partial charge in [0.15, 0.2) is 5.76 Å². The minimum Gasteiger partial charge on any atom is -0.450 e. The third kappa shape index (κ3) is 3.26. The van der Waals surface area contributed by atoms with Crippen LogP contribution in [0.15, 0.2) is 38.5 Å². The molecular weight excluding hydrogens is 362 g/mol. The average molecular weight is 381 g/mol.